The Labute approximate surface area is 127 Å². The first kappa shape index (κ1) is 15.6. The molecule has 0 atom stereocenters. The normalized spacial score (nSPS) is 10.6. The van der Waals surface area contributed by atoms with Crippen LogP contribution in [0.5, 0.6) is 5.75 Å². The van der Waals surface area contributed by atoms with E-state index in [0.29, 0.717) is 13.2 Å². The number of hydrogen-bond donors (Lipinski definition) is 1. The lowest BCUT2D eigenvalue weighted by molar-refractivity contribution is 0.305. The van der Waals surface area contributed by atoms with Gasteiger partial charge in [-0.15, -0.1) is 0 Å². The zero-order valence-electron chi connectivity index (χ0n) is 13.1. The molecule has 2 N–H and O–H groups in total. The van der Waals surface area contributed by atoms with Gasteiger partial charge in [0.2, 0.25) is 0 Å². The predicted octanol–water partition coefficient (Wildman–Crippen LogP) is 4.24. The Morgan fingerprint density at radius 2 is 1.62 bits per heavy atom. The first-order chi connectivity index (χ1) is 10.3. The summed E-state index contributed by atoms with van der Waals surface area (Å²) >= 11 is 0. The Bertz CT molecular complexity index is 560. The van der Waals surface area contributed by atoms with E-state index >= 15 is 0 Å². The monoisotopic (exact) mass is 283 g/mol. The largest absolute Gasteiger partial charge is 0.489 e. The van der Waals surface area contributed by atoms with Crippen LogP contribution in [0.15, 0.2) is 42.5 Å². The van der Waals surface area contributed by atoms with Crippen LogP contribution in [0.4, 0.5) is 0 Å². The van der Waals surface area contributed by atoms with Gasteiger partial charge < -0.3 is 10.5 Å². The molecule has 0 unspecified atom stereocenters. The van der Waals surface area contributed by atoms with Gasteiger partial charge >= 0.3 is 0 Å². The summed E-state index contributed by atoms with van der Waals surface area (Å²) in [5.41, 5.74) is 10.9. The second-order valence-electron chi connectivity index (χ2n) is 5.34. The van der Waals surface area contributed by atoms with Gasteiger partial charge in [0.25, 0.3) is 0 Å². The Morgan fingerprint density at radius 3 is 2.24 bits per heavy atom. The second kappa shape index (κ2) is 7.84. The third-order valence-electron chi connectivity index (χ3n) is 3.75. The van der Waals surface area contributed by atoms with Crippen molar-refractivity contribution in [2.45, 2.75) is 46.3 Å². The van der Waals surface area contributed by atoms with Crippen LogP contribution in [0.3, 0.4) is 0 Å². The molecular weight excluding hydrogens is 258 g/mol. The first-order valence-electron chi connectivity index (χ1n) is 7.79. The molecule has 2 rings (SSSR count). The van der Waals surface area contributed by atoms with Crippen LogP contribution in [-0.4, -0.2) is 0 Å². The molecule has 0 aliphatic carbocycles. The molecule has 0 aliphatic rings. The number of aryl methyl sites for hydroxylation is 2. The molecule has 0 fully saturated rings. The molecule has 2 aromatic carbocycles. The number of ether oxygens (including phenoxy) is 1. The summed E-state index contributed by atoms with van der Waals surface area (Å²) in [6, 6.07) is 14.8. The number of benzene rings is 2. The highest BCUT2D eigenvalue weighted by Gasteiger charge is 2.04. The lowest BCUT2D eigenvalue weighted by Crippen LogP contribution is -2.03. The molecule has 0 saturated heterocycles. The fourth-order valence-corrected chi connectivity index (χ4v) is 2.43. The molecule has 0 radical (unpaired) electrons. The van der Waals surface area contributed by atoms with E-state index in [1.54, 1.807) is 0 Å². The first-order valence-corrected chi connectivity index (χ1v) is 7.79. The van der Waals surface area contributed by atoms with Gasteiger partial charge in [-0.1, -0.05) is 50.6 Å². The van der Waals surface area contributed by atoms with Crippen molar-refractivity contribution in [2.75, 3.05) is 0 Å². The molecule has 0 aromatic heterocycles. The number of rotatable bonds is 7. The maximum Gasteiger partial charge on any atom is 0.119 e. The molecule has 2 heteroatoms. The maximum atomic E-state index is 5.92. The van der Waals surface area contributed by atoms with Gasteiger partial charge in [0.1, 0.15) is 12.4 Å². The maximum absolute atomic E-state index is 5.92. The van der Waals surface area contributed by atoms with Gasteiger partial charge in [0.15, 0.2) is 0 Å². The molecule has 0 heterocycles. The van der Waals surface area contributed by atoms with Crippen molar-refractivity contribution in [1.82, 2.24) is 0 Å². The highest BCUT2D eigenvalue weighted by atomic mass is 16.5. The highest BCUT2D eigenvalue weighted by molar-refractivity contribution is 5.33. The van der Waals surface area contributed by atoms with E-state index in [1.165, 1.54) is 22.3 Å². The Morgan fingerprint density at radius 1 is 0.905 bits per heavy atom. The zero-order chi connectivity index (χ0) is 15.1. The van der Waals surface area contributed by atoms with Crippen LogP contribution in [0.1, 0.15) is 42.5 Å². The molecule has 112 valence electrons. The third kappa shape index (κ3) is 4.33. The van der Waals surface area contributed by atoms with Crippen molar-refractivity contribution in [3.63, 3.8) is 0 Å². The second-order valence-corrected chi connectivity index (χ2v) is 5.34. The van der Waals surface area contributed by atoms with E-state index in [1.807, 2.05) is 12.1 Å². The van der Waals surface area contributed by atoms with E-state index in [4.69, 9.17) is 10.5 Å². The Balaban J connectivity index is 2.07. The smallest absolute Gasteiger partial charge is 0.119 e. The lowest BCUT2D eigenvalue weighted by atomic mass is 10.0. The van der Waals surface area contributed by atoms with Gasteiger partial charge in [0, 0.05) is 6.54 Å². The molecular formula is C19H25NO. The van der Waals surface area contributed by atoms with Crippen LogP contribution in [0, 0.1) is 0 Å². The quantitative estimate of drug-likeness (QED) is 0.825. The lowest BCUT2D eigenvalue weighted by Gasteiger charge is -2.12. The van der Waals surface area contributed by atoms with Crippen molar-refractivity contribution in [3.05, 3.63) is 64.7 Å². The molecule has 0 amide bonds. The molecule has 2 nitrogen and oxygen atoms in total. The van der Waals surface area contributed by atoms with Gasteiger partial charge in [-0.05, 0) is 47.2 Å². The van der Waals surface area contributed by atoms with Gasteiger partial charge in [-0.2, -0.15) is 0 Å². The fourth-order valence-electron chi connectivity index (χ4n) is 2.43. The zero-order valence-corrected chi connectivity index (χ0v) is 13.1. The van der Waals surface area contributed by atoms with Gasteiger partial charge in [-0.3, -0.25) is 0 Å². The van der Waals surface area contributed by atoms with Gasteiger partial charge in [-0.25, -0.2) is 0 Å². The summed E-state index contributed by atoms with van der Waals surface area (Å²) in [4.78, 5) is 0. The van der Waals surface area contributed by atoms with Crippen molar-refractivity contribution >= 4 is 0 Å². The van der Waals surface area contributed by atoms with Crippen LogP contribution < -0.4 is 10.5 Å². The highest BCUT2D eigenvalue weighted by Crippen LogP contribution is 2.18. The summed E-state index contributed by atoms with van der Waals surface area (Å²) in [5.74, 6) is 0.928. The van der Waals surface area contributed by atoms with Crippen LogP contribution in [0.2, 0.25) is 0 Å². The van der Waals surface area contributed by atoms with Crippen molar-refractivity contribution in [3.8, 4) is 5.75 Å². The molecule has 2 aromatic rings. The SMILES string of the molecule is CCCc1cc(CN)ccc1COc1ccc(CC)cc1. The van der Waals surface area contributed by atoms with E-state index in [9.17, 15) is 0 Å². The molecule has 0 saturated carbocycles. The van der Waals surface area contributed by atoms with E-state index in [-0.39, 0.29) is 0 Å². The van der Waals surface area contributed by atoms with Crippen molar-refractivity contribution in [2.24, 2.45) is 5.73 Å². The standard InChI is InChI=1S/C19H25NO/c1-3-5-17-12-16(13-20)6-9-18(17)14-21-19-10-7-15(4-2)8-11-19/h6-12H,3-5,13-14,20H2,1-2H3. The van der Waals surface area contributed by atoms with Crippen LogP contribution >= 0.6 is 0 Å². The minimum Gasteiger partial charge on any atom is -0.489 e. The summed E-state index contributed by atoms with van der Waals surface area (Å²) in [5, 5.41) is 0. The summed E-state index contributed by atoms with van der Waals surface area (Å²) < 4.78 is 5.92. The summed E-state index contributed by atoms with van der Waals surface area (Å²) in [6.07, 6.45) is 3.26. The molecule has 0 bridgehead atoms. The van der Waals surface area contributed by atoms with Crippen molar-refractivity contribution in [1.29, 1.82) is 0 Å². The number of nitrogens with two attached hydrogens (primary N) is 1. The van der Waals surface area contributed by atoms with E-state index < -0.39 is 0 Å². The van der Waals surface area contributed by atoms with E-state index in [2.05, 4.69) is 44.2 Å². The Kier molecular flexibility index (Phi) is 5.82. The summed E-state index contributed by atoms with van der Waals surface area (Å²) in [7, 11) is 0. The average Bonchev–Trinajstić information content (AvgIpc) is 2.54. The van der Waals surface area contributed by atoms with Crippen molar-refractivity contribution < 1.29 is 4.74 Å². The number of hydrogen-bond acceptors (Lipinski definition) is 2. The minimum atomic E-state index is 0.594. The topological polar surface area (TPSA) is 35.2 Å². The fraction of sp³-hybridized carbons (Fsp3) is 0.368. The average molecular weight is 283 g/mol. The third-order valence-corrected chi connectivity index (χ3v) is 3.75. The predicted molar refractivity (Wildman–Crippen MR) is 88.5 cm³/mol. The van der Waals surface area contributed by atoms with Gasteiger partial charge in [0.05, 0.1) is 0 Å². The molecule has 0 aliphatic heterocycles. The summed E-state index contributed by atoms with van der Waals surface area (Å²) in [6.45, 7) is 5.57. The minimum absolute atomic E-state index is 0.594. The van der Waals surface area contributed by atoms with Crippen LogP contribution in [-0.2, 0) is 26.0 Å². The van der Waals surface area contributed by atoms with Crippen LogP contribution in [0.25, 0.3) is 0 Å². The Hall–Kier alpha value is -1.80. The van der Waals surface area contributed by atoms with E-state index in [0.717, 1.165) is 25.0 Å². The molecule has 0 spiro atoms. The molecule has 21 heavy (non-hydrogen) atoms.